The van der Waals surface area contributed by atoms with Crippen molar-refractivity contribution in [3.8, 4) is 0 Å². The van der Waals surface area contributed by atoms with Crippen LogP contribution in [-0.4, -0.2) is 23.8 Å². The first-order chi connectivity index (χ1) is 8.02. The zero-order valence-electron chi connectivity index (χ0n) is 9.96. The van der Waals surface area contributed by atoms with E-state index in [0.717, 1.165) is 5.56 Å². The molecule has 2 amide bonds. The highest BCUT2D eigenvalue weighted by molar-refractivity contribution is 6.31. The summed E-state index contributed by atoms with van der Waals surface area (Å²) in [5, 5.41) is 14.7. The van der Waals surface area contributed by atoms with Crippen LogP contribution in [0.2, 0.25) is 5.02 Å². The molecule has 1 aromatic rings. The number of anilines is 1. The average Bonchev–Trinajstić information content (AvgIpc) is 2.23. The number of aliphatic hydroxyl groups excluding tert-OH is 1. The van der Waals surface area contributed by atoms with Crippen molar-refractivity contribution in [3.05, 3.63) is 28.8 Å². The van der Waals surface area contributed by atoms with Crippen molar-refractivity contribution >= 4 is 23.3 Å². The summed E-state index contributed by atoms with van der Waals surface area (Å²) < 4.78 is 0. The summed E-state index contributed by atoms with van der Waals surface area (Å²) in [4.78, 5) is 11.5. The normalized spacial score (nSPS) is 12.0. The van der Waals surface area contributed by atoms with Crippen LogP contribution in [0.15, 0.2) is 18.2 Å². The van der Waals surface area contributed by atoms with E-state index >= 15 is 0 Å². The molecule has 0 aliphatic carbocycles. The lowest BCUT2D eigenvalue weighted by Crippen LogP contribution is -2.36. The predicted octanol–water partition coefficient (Wildman–Crippen LogP) is 2.54. The Morgan fingerprint density at radius 1 is 1.53 bits per heavy atom. The minimum absolute atomic E-state index is 0.0534. The number of urea groups is 1. The van der Waals surface area contributed by atoms with Crippen molar-refractivity contribution in [2.24, 2.45) is 0 Å². The molecule has 0 heterocycles. The monoisotopic (exact) mass is 256 g/mol. The molecule has 1 rings (SSSR count). The van der Waals surface area contributed by atoms with Gasteiger partial charge in [-0.1, -0.05) is 17.7 Å². The van der Waals surface area contributed by atoms with Gasteiger partial charge in [-0.05, 0) is 38.0 Å². The summed E-state index contributed by atoms with van der Waals surface area (Å²) in [6, 6.07) is 4.96. The third kappa shape index (κ3) is 4.63. The summed E-state index contributed by atoms with van der Waals surface area (Å²) in [5.41, 5.74) is 1.61. The van der Waals surface area contributed by atoms with Gasteiger partial charge in [0.1, 0.15) is 0 Å². The smallest absolute Gasteiger partial charge is 0.319 e. The SMILES string of the molecule is Cc1ccc(NC(=O)NC(C)CCO)cc1Cl. The number of hydrogen-bond donors (Lipinski definition) is 3. The van der Waals surface area contributed by atoms with Crippen molar-refractivity contribution in [1.82, 2.24) is 5.32 Å². The molecule has 5 heteroatoms. The minimum atomic E-state index is -0.300. The Bertz CT molecular complexity index is 396. The van der Waals surface area contributed by atoms with Crippen molar-refractivity contribution in [2.75, 3.05) is 11.9 Å². The molecule has 0 aliphatic heterocycles. The molecule has 0 aromatic heterocycles. The van der Waals surface area contributed by atoms with Crippen LogP contribution in [0, 0.1) is 6.92 Å². The summed E-state index contributed by atoms with van der Waals surface area (Å²) in [7, 11) is 0. The van der Waals surface area contributed by atoms with Crippen molar-refractivity contribution in [2.45, 2.75) is 26.3 Å². The Labute approximate surface area is 106 Å². The summed E-state index contributed by atoms with van der Waals surface area (Å²) >= 11 is 5.95. The van der Waals surface area contributed by atoms with Gasteiger partial charge in [-0.2, -0.15) is 0 Å². The molecular formula is C12H17ClN2O2. The number of amides is 2. The number of rotatable bonds is 4. The van der Waals surface area contributed by atoms with Gasteiger partial charge in [0.25, 0.3) is 0 Å². The molecule has 1 atom stereocenters. The Hall–Kier alpha value is -1.26. The quantitative estimate of drug-likeness (QED) is 0.775. The van der Waals surface area contributed by atoms with E-state index in [0.29, 0.717) is 17.1 Å². The van der Waals surface area contributed by atoms with Crippen LogP contribution >= 0.6 is 11.6 Å². The van der Waals surface area contributed by atoms with Gasteiger partial charge >= 0.3 is 6.03 Å². The standard InChI is InChI=1S/C12H17ClN2O2/c1-8-3-4-10(7-11(8)13)15-12(17)14-9(2)5-6-16/h3-4,7,9,16H,5-6H2,1-2H3,(H2,14,15,17). The Morgan fingerprint density at radius 3 is 2.82 bits per heavy atom. The first kappa shape index (κ1) is 13.8. The van der Waals surface area contributed by atoms with Crippen molar-refractivity contribution < 1.29 is 9.90 Å². The van der Waals surface area contributed by atoms with E-state index in [1.165, 1.54) is 0 Å². The van der Waals surface area contributed by atoms with E-state index in [2.05, 4.69) is 10.6 Å². The molecule has 0 fully saturated rings. The molecule has 0 spiro atoms. The third-order valence-corrected chi connectivity index (χ3v) is 2.78. The second kappa shape index (κ2) is 6.47. The van der Waals surface area contributed by atoms with E-state index in [1.54, 1.807) is 12.1 Å². The number of carbonyl (C=O) groups is 1. The Kier molecular flexibility index (Phi) is 5.25. The lowest BCUT2D eigenvalue weighted by atomic mass is 10.2. The topological polar surface area (TPSA) is 61.4 Å². The fourth-order valence-corrected chi connectivity index (χ4v) is 1.51. The molecule has 4 nitrogen and oxygen atoms in total. The van der Waals surface area contributed by atoms with Gasteiger partial charge in [0.2, 0.25) is 0 Å². The highest BCUT2D eigenvalue weighted by Gasteiger charge is 2.07. The summed E-state index contributed by atoms with van der Waals surface area (Å²) in [5.74, 6) is 0. The molecule has 3 N–H and O–H groups in total. The summed E-state index contributed by atoms with van der Waals surface area (Å²) in [6.07, 6.45) is 0.530. The lowest BCUT2D eigenvalue weighted by Gasteiger charge is -2.13. The van der Waals surface area contributed by atoms with Gasteiger partial charge in [-0.15, -0.1) is 0 Å². The molecule has 0 bridgehead atoms. The fraction of sp³-hybridized carbons (Fsp3) is 0.417. The zero-order chi connectivity index (χ0) is 12.8. The number of halogens is 1. The van der Waals surface area contributed by atoms with E-state index < -0.39 is 0 Å². The number of benzene rings is 1. The minimum Gasteiger partial charge on any atom is -0.396 e. The Morgan fingerprint density at radius 2 is 2.24 bits per heavy atom. The predicted molar refractivity (Wildman–Crippen MR) is 69.5 cm³/mol. The average molecular weight is 257 g/mol. The second-order valence-electron chi connectivity index (χ2n) is 3.98. The number of hydrogen-bond acceptors (Lipinski definition) is 2. The maximum atomic E-state index is 11.5. The van der Waals surface area contributed by atoms with Crippen LogP contribution in [0.3, 0.4) is 0 Å². The second-order valence-corrected chi connectivity index (χ2v) is 4.38. The number of nitrogens with one attached hydrogen (secondary N) is 2. The van der Waals surface area contributed by atoms with Crippen molar-refractivity contribution in [1.29, 1.82) is 0 Å². The largest absolute Gasteiger partial charge is 0.396 e. The van der Waals surface area contributed by atoms with Gasteiger partial charge in [-0.3, -0.25) is 0 Å². The third-order valence-electron chi connectivity index (χ3n) is 2.37. The van der Waals surface area contributed by atoms with Crippen molar-refractivity contribution in [3.63, 3.8) is 0 Å². The number of carbonyl (C=O) groups excluding carboxylic acids is 1. The highest BCUT2D eigenvalue weighted by Crippen LogP contribution is 2.19. The Balaban J connectivity index is 2.53. The van der Waals surface area contributed by atoms with Crippen LogP contribution in [0.1, 0.15) is 18.9 Å². The molecule has 1 aromatic carbocycles. The zero-order valence-corrected chi connectivity index (χ0v) is 10.7. The maximum Gasteiger partial charge on any atom is 0.319 e. The molecule has 0 aliphatic rings. The molecule has 0 saturated carbocycles. The van der Waals surface area contributed by atoms with Gasteiger partial charge < -0.3 is 15.7 Å². The first-order valence-corrected chi connectivity index (χ1v) is 5.85. The number of aryl methyl sites for hydroxylation is 1. The number of aliphatic hydroxyl groups is 1. The molecule has 1 unspecified atom stereocenters. The highest BCUT2D eigenvalue weighted by atomic mass is 35.5. The van der Waals surface area contributed by atoms with Crippen LogP contribution in [0.25, 0.3) is 0 Å². The molecule has 0 radical (unpaired) electrons. The van der Waals surface area contributed by atoms with Crippen LogP contribution in [-0.2, 0) is 0 Å². The van der Waals surface area contributed by atoms with Crippen LogP contribution in [0.5, 0.6) is 0 Å². The van der Waals surface area contributed by atoms with E-state index in [-0.39, 0.29) is 18.7 Å². The van der Waals surface area contributed by atoms with Gasteiger partial charge in [0.15, 0.2) is 0 Å². The van der Waals surface area contributed by atoms with E-state index in [4.69, 9.17) is 16.7 Å². The molecule has 17 heavy (non-hydrogen) atoms. The summed E-state index contributed by atoms with van der Waals surface area (Å²) in [6.45, 7) is 3.78. The lowest BCUT2D eigenvalue weighted by molar-refractivity contribution is 0.241. The van der Waals surface area contributed by atoms with Crippen LogP contribution < -0.4 is 10.6 Å². The van der Waals surface area contributed by atoms with Crippen LogP contribution in [0.4, 0.5) is 10.5 Å². The van der Waals surface area contributed by atoms with E-state index in [1.807, 2.05) is 19.9 Å². The fourth-order valence-electron chi connectivity index (χ4n) is 1.33. The van der Waals surface area contributed by atoms with Gasteiger partial charge in [0, 0.05) is 23.4 Å². The first-order valence-electron chi connectivity index (χ1n) is 5.47. The molecular weight excluding hydrogens is 240 g/mol. The van der Waals surface area contributed by atoms with Gasteiger partial charge in [0.05, 0.1) is 0 Å². The molecule has 0 saturated heterocycles. The van der Waals surface area contributed by atoms with E-state index in [9.17, 15) is 4.79 Å². The molecule has 94 valence electrons. The van der Waals surface area contributed by atoms with Gasteiger partial charge in [-0.25, -0.2) is 4.79 Å². The maximum absolute atomic E-state index is 11.5.